The zero-order chi connectivity index (χ0) is 26.9. The number of benzene rings is 2. The molecule has 1 aliphatic rings. The largest absolute Gasteiger partial charge is 0.490 e. The van der Waals surface area contributed by atoms with Gasteiger partial charge in [-0.1, -0.05) is 18.2 Å². The van der Waals surface area contributed by atoms with Crippen LogP contribution in [0.15, 0.2) is 71.8 Å². The Labute approximate surface area is 230 Å². The predicted octanol–water partition coefficient (Wildman–Crippen LogP) is 5.87. The molecule has 1 fully saturated rings. The molecule has 0 radical (unpaired) electrons. The normalized spacial score (nSPS) is 15.4. The van der Waals surface area contributed by atoms with Gasteiger partial charge in [-0.25, -0.2) is 9.97 Å². The van der Waals surface area contributed by atoms with Gasteiger partial charge in [0.05, 0.1) is 36.7 Å². The molecule has 2 aromatic carbocycles. The zero-order valence-electron chi connectivity index (χ0n) is 22.0. The second-order valence-corrected chi connectivity index (χ2v) is 11.3. The van der Waals surface area contributed by atoms with E-state index in [1.54, 1.807) is 29.8 Å². The first kappa shape index (κ1) is 25.2. The fourth-order valence-corrected chi connectivity index (χ4v) is 6.54. The lowest BCUT2D eigenvalue weighted by molar-refractivity contribution is 0.159. The van der Waals surface area contributed by atoms with Crippen LogP contribution in [0.25, 0.3) is 31.7 Å². The van der Waals surface area contributed by atoms with E-state index in [1.807, 2.05) is 60.0 Å². The SMILES string of the molecule is C[C@H](c1cccc(-c2ncc(OCC3CCN(C)CC3)cn2)c1)n1c(=O)ccc2c3cc(C#N)ccc3sc21. The summed E-state index contributed by atoms with van der Waals surface area (Å²) in [5.74, 6) is 1.87. The fourth-order valence-electron chi connectivity index (χ4n) is 5.28. The van der Waals surface area contributed by atoms with Gasteiger partial charge in [-0.2, -0.15) is 5.26 Å². The molecule has 7 nitrogen and oxygen atoms in total. The molecular weight excluding hydrogens is 506 g/mol. The summed E-state index contributed by atoms with van der Waals surface area (Å²) in [5, 5.41) is 11.3. The summed E-state index contributed by atoms with van der Waals surface area (Å²) in [6.07, 6.45) is 5.79. The molecule has 0 aliphatic carbocycles. The standard InChI is InChI=1S/C31H29N5O2S/c1-20(36-29(37)9-7-26-27-14-22(16-32)6-8-28(27)39-31(26)36)23-4-3-5-24(15-23)30-33-17-25(18-34-30)38-19-21-10-12-35(2)13-11-21/h3-9,14-15,17-18,20-21H,10-13,19H2,1-2H3/t20-/m1/s1. The van der Waals surface area contributed by atoms with Crippen LogP contribution in [0.1, 0.15) is 36.9 Å². The lowest BCUT2D eigenvalue weighted by atomic mass is 9.98. The number of nitriles is 1. The number of thiophene rings is 1. The number of pyridine rings is 1. The maximum atomic E-state index is 13.1. The quantitative estimate of drug-likeness (QED) is 0.270. The van der Waals surface area contributed by atoms with Gasteiger partial charge in [0.1, 0.15) is 4.83 Å². The van der Waals surface area contributed by atoms with E-state index in [0.29, 0.717) is 29.7 Å². The van der Waals surface area contributed by atoms with E-state index >= 15 is 0 Å². The number of likely N-dealkylation sites (tertiary alicyclic amines) is 1. The van der Waals surface area contributed by atoms with Crippen molar-refractivity contribution >= 4 is 31.6 Å². The highest BCUT2D eigenvalue weighted by Crippen LogP contribution is 2.36. The number of nitrogens with zero attached hydrogens (tertiary/aromatic N) is 5. The molecule has 0 bridgehead atoms. The fraction of sp³-hybridized carbons (Fsp3) is 0.290. The zero-order valence-corrected chi connectivity index (χ0v) is 22.8. The molecule has 1 atom stereocenters. The monoisotopic (exact) mass is 535 g/mol. The van der Waals surface area contributed by atoms with Gasteiger partial charge in [0, 0.05) is 27.1 Å². The smallest absolute Gasteiger partial charge is 0.252 e. The van der Waals surface area contributed by atoms with Crippen molar-refractivity contribution < 1.29 is 4.74 Å². The van der Waals surface area contributed by atoms with E-state index in [0.717, 1.165) is 57.4 Å². The number of aromatic nitrogens is 3. The second-order valence-electron chi connectivity index (χ2n) is 10.3. The number of piperidine rings is 1. The molecule has 0 spiro atoms. The van der Waals surface area contributed by atoms with Gasteiger partial charge in [-0.15, -0.1) is 11.3 Å². The summed E-state index contributed by atoms with van der Waals surface area (Å²) >= 11 is 1.57. The minimum Gasteiger partial charge on any atom is -0.490 e. The number of fused-ring (bicyclic) bond motifs is 3. The maximum Gasteiger partial charge on any atom is 0.252 e. The first-order chi connectivity index (χ1) is 19.0. The van der Waals surface area contributed by atoms with Crippen LogP contribution in [0.2, 0.25) is 0 Å². The highest BCUT2D eigenvalue weighted by molar-refractivity contribution is 7.25. The molecule has 5 aromatic rings. The summed E-state index contributed by atoms with van der Waals surface area (Å²) in [4.78, 5) is 25.5. The Morgan fingerprint density at radius 3 is 2.64 bits per heavy atom. The molecule has 0 unspecified atom stereocenters. The Morgan fingerprint density at radius 2 is 1.87 bits per heavy atom. The van der Waals surface area contributed by atoms with Crippen molar-refractivity contribution in [3.8, 4) is 23.2 Å². The van der Waals surface area contributed by atoms with Crippen molar-refractivity contribution in [1.82, 2.24) is 19.4 Å². The molecule has 6 rings (SSSR count). The first-order valence-electron chi connectivity index (χ1n) is 13.2. The van der Waals surface area contributed by atoms with Gasteiger partial charge in [-0.05, 0) is 81.7 Å². The Hall–Kier alpha value is -4.06. The van der Waals surface area contributed by atoms with Crippen LogP contribution in [-0.2, 0) is 0 Å². The van der Waals surface area contributed by atoms with Gasteiger partial charge in [0.2, 0.25) is 0 Å². The second kappa shape index (κ2) is 10.6. The topological polar surface area (TPSA) is 84.0 Å². The third-order valence-electron chi connectivity index (χ3n) is 7.65. The van der Waals surface area contributed by atoms with E-state index in [-0.39, 0.29) is 11.6 Å². The van der Waals surface area contributed by atoms with E-state index in [2.05, 4.69) is 28.0 Å². The van der Waals surface area contributed by atoms with E-state index in [9.17, 15) is 10.1 Å². The van der Waals surface area contributed by atoms with E-state index in [4.69, 9.17) is 4.74 Å². The Bertz CT molecular complexity index is 1740. The minimum atomic E-state index is -0.207. The summed E-state index contributed by atoms with van der Waals surface area (Å²) in [7, 11) is 2.16. The van der Waals surface area contributed by atoms with Crippen molar-refractivity contribution in [3.05, 3.63) is 88.5 Å². The van der Waals surface area contributed by atoms with Crippen molar-refractivity contribution in [2.75, 3.05) is 26.7 Å². The number of rotatable bonds is 6. The average Bonchev–Trinajstić information content (AvgIpc) is 3.34. The molecular formula is C31H29N5O2S. The lowest BCUT2D eigenvalue weighted by Crippen LogP contribution is -2.32. The van der Waals surface area contributed by atoms with E-state index in [1.165, 1.54) is 0 Å². The highest BCUT2D eigenvalue weighted by Gasteiger charge is 2.19. The van der Waals surface area contributed by atoms with Gasteiger partial charge < -0.3 is 9.64 Å². The van der Waals surface area contributed by atoms with Crippen molar-refractivity contribution in [2.24, 2.45) is 5.92 Å². The summed E-state index contributed by atoms with van der Waals surface area (Å²) < 4.78 is 8.88. The van der Waals surface area contributed by atoms with Crippen molar-refractivity contribution in [2.45, 2.75) is 25.8 Å². The van der Waals surface area contributed by atoms with Gasteiger partial charge >= 0.3 is 0 Å². The molecule has 1 aliphatic heterocycles. The molecule has 0 saturated carbocycles. The third kappa shape index (κ3) is 5.03. The lowest BCUT2D eigenvalue weighted by Gasteiger charge is -2.28. The van der Waals surface area contributed by atoms with Crippen LogP contribution in [-0.4, -0.2) is 46.2 Å². The molecule has 4 heterocycles. The third-order valence-corrected chi connectivity index (χ3v) is 8.84. The maximum absolute atomic E-state index is 13.1. The van der Waals surface area contributed by atoms with Crippen LogP contribution < -0.4 is 10.3 Å². The molecule has 39 heavy (non-hydrogen) atoms. The highest BCUT2D eigenvalue weighted by atomic mass is 32.1. The van der Waals surface area contributed by atoms with Crippen LogP contribution in [0.5, 0.6) is 5.75 Å². The van der Waals surface area contributed by atoms with Crippen LogP contribution >= 0.6 is 11.3 Å². The predicted molar refractivity (Wildman–Crippen MR) is 155 cm³/mol. The van der Waals surface area contributed by atoms with Crippen molar-refractivity contribution in [1.29, 1.82) is 5.26 Å². The summed E-state index contributed by atoms with van der Waals surface area (Å²) in [5.41, 5.74) is 2.42. The van der Waals surface area contributed by atoms with Crippen LogP contribution in [0.4, 0.5) is 0 Å². The van der Waals surface area contributed by atoms with Gasteiger partial charge in [0.25, 0.3) is 5.56 Å². The number of hydrogen-bond donors (Lipinski definition) is 0. The molecule has 0 amide bonds. The first-order valence-corrected chi connectivity index (χ1v) is 14.0. The van der Waals surface area contributed by atoms with Crippen molar-refractivity contribution in [3.63, 3.8) is 0 Å². The number of ether oxygens (including phenoxy) is 1. The number of hydrogen-bond acceptors (Lipinski definition) is 7. The molecule has 1 saturated heterocycles. The average molecular weight is 536 g/mol. The Balaban J connectivity index is 1.25. The summed E-state index contributed by atoms with van der Waals surface area (Å²) in [6.45, 7) is 4.96. The minimum absolute atomic E-state index is 0.0603. The van der Waals surface area contributed by atoms with Gasteiger partial charge in [0.15, 0.2) is 11.6 Å². The molecule has 8 heteroatoms. The van der Waals surface area contributed by atoms with E-state index < -0.39 is 0 Å². The van der Waals surface area contributed by atoms with Crippen LogP contribution in [0, 0.1) is 17.2 Å². The molecule has 3 aromatic heterocycles. The summed E-state index contributed by atoms with van der Waals surface area (Å²) in [6, 6.07) is 19.2. The van der Waals surface area contributed by atoms with Crippen LogP contribution in [0.3, 0.4) is 0 Å². The Morgan fingerprint density at radius 1 is 1.08 bits per heavy atom. The molecule has 0 N–H and O–H groups in total. The molecule has 196 valence electrons. The van der Waals surface area contributed by atoms with Gasteiger partial charge in [-0.3, -0.25) is 9.36 Å². The Kier molecular flexibility index (Phi) is 6.86.